The number of hydrogen-bond donors (Lipinski definition) is 2. The number of carbonyl (C=O) groups is 1. The number of rotatable bonds is 6. The molecule has 1 saturated heterocycles. The average Bonchev–Trinajstić information content (AvgIpc) is 2.84. The first kappa shape index (κ1) is 21.7. The number of amides is 1. The molecule has 4 heterocycles. The number of hydrogen-bond acceptors (Lipinski definition) is 7. The molecular formula is C25H32N6O2. The van der Waals surface area contributed by atoms with E-state index < -0.39 is 0 Å². The number of fused-ring (bicyclic) bond motifs is 2. The Bertz CT molecular complexity index is 1050. The van der Waals surface area contributed by atoms with Gasteiger partial charge in [0.2, 0.25) is 5.91 Å². The summed E-state index contributed by atoms with van der Waals surface area (Å²) in [6, 6.07) is 12.3. The summed E-state index contributed by atoms with van der Waals surface area (Å²) in [4.78, 5) is 21.7. The number of anilines is 2. The Balaban J connectivity index is 1.18. The topological polar surface area (TPSA) is 73.0 Å². The van der Waals surface area contributed by atoms with Crippen LogP contribution < -0.4 is 25.4 Å². The van der Waals surface area contributed by atoms with Crippen molar-refractivity contribution in [1.29, 1.82) is 0 Å². The van der Waals surface area contributed by atoms with Crippen LogP contribution >= 0.6 is 0 Å². The van der Waals surface area contributed by atoms with Gasteiger partial charge in [0.25, 0.3) is 0 Å². The van der Waals surface area contributed by atoms with E-state index in [1.807, 2.05) is 24.4 Å². The van der Waals surface area contributed by atoms with Crippen molar-refractivity contribution < 1.29 is 9.53 Å². The zero-order valence-corrected chi connectivity index (χ0v) is 19.4. The number of pyridine rings is 1. The molecule has 0 radical (unpaired) electrons. The Hall–Kier alpha value is -3.10. The van der Waals surface area contributed by atoms with Crippen LogP contribution in [0.25, 0.3) is 5.57 Å². The van der Waals surface area contributed by atoms with Crippen LogP contribution in [-0.2, 0) is 4.79 Å². The highest BCUT2D eigenvalue weighted by molar-refractivity contribution is 5.93. The van der Waals surface area contributed by atoms with Crippen LogP contribution in [0.2, 0.25) is 0 Å². The Labute approximate surface area is 195 Å². The number of nitrogens with one attached hydrogen (secondary N) is 2. The molecule has 1 aromatic heterocycles. The fourth-order valence-electron chi connectivity index (χ4n) is 5.19. The van der Waals surface area contributed by atoms with E-state index >= 15 is 0 Å². The third-order valence-corrected chi connectivity index (χ3v) is 6.78. The van der Waals surface area contributed by atoms with Crippen molar-refractivity contribution in [2.75, 3.05) is 62.8 Å². The quantitative estimate of drug-likeness (QED) is 0.699. The number of piperazine rings is 1. The zero-order valence-electron chi connectivity index (χ0n) is 19.4. The van der Waals surface area contributed by atoms with Gasteiger partial charge in [-0.2, -0.15) is 0 Å². The second-order valence-electron chi connectivity index (χ2n) is 8.85. The largest absolute Gasteiger partial charge is 0.495 e. The van der Waals surface area contributed by atoms with Crippen molar-refractivity contribution in [2.24, 2.45) is 0 Å². The van der Waals surface area contributed by atoms with Crippen LogP contribution in [0.4, 0.5) is 11.5 Å². The SMILES string of the molecule is COc1ccccc1N1CCN(CCNN2CC3=C(c4cccnc42)C(C)NC(=O)C3)CC1. The van der Waals surface area contributed by atoms with Gasteiger partial charge in [-0.25, -0.2) is 10.4 Å². The van der Waals surface area contributed by atoms with Crippen molar-refractivity contribution in [3.8, 4) is 5.75 Å². The molecule has 5 rings (SSSR count). The Morgan fingerprint density at radius 2 is 1.97 bits per heavy atom. The van der Waals surface area contributed by atoms with Gasteiger partial charge < -0.3 is 15.0 Å². The molecule has 3 aliphatic rings. The number of carbonyl (C=O) groups excluding carboxylic acids is 1. The van der Waals surface area contributed by atoms with Crippen LogP contribution in [0.1, 0.15) is 18.9 Å². The van der Waals surface area contributed by atoms with Crippen molar-refractivity contribution in [3.63, 3.8) is 0 Å². The Morgan fingerprint density at radius 1 is 1.15 bits per heavy atom. The first-order valence-corrected chi connectivity index (χ1v) is 11.7. The van der Waals surface area contributed by atoms with E-state index in [1.165, 1.54) is 16.8 Å². The van der Waals surface area contributed by atoms with E-state index in [9.17, 15) is 4.79 Å². The average molecular weight is 449 g/mol. The zero-order chi connectivity index (χ0) is 22.8. The monoisotopic (exact) mass is 448 g/mol. The second kappa shape index (κ2) is 9.41. The van der Waals surface area contributed by atoms with Gasteiger partial charge in [0.1, 0.15) is 5.75 Å². The maximum absolute atomic E-state index is 12.1. The van der Waals surface area contributed by atoms with E-state index in [0.717, 1.165) is 56.4 Å². The normalized spacial score (nSPS) is 20.9. The molecule has 2 aromatic rings. The minimum absolute atomic E-state index is 0.0193. The molecule has 0 aliphatic carbocycles. The lowest BCUT2D eigenvalue weighted by Crippen LogP contribution is -2.51. The van der Waals surface area contributed by atoms with Crippen LogP contribution in [0.5, 0.6) is 5.75 Å². The first-order chi connectivity index (χ1) is 16.1. The Morgan fingerprint density at radius 3 is 2.79 bits per heavy atom. The number of para-hydroxylation sites is 2. The minimum atomic E-state index is 0.0193. The van der Waals surface area contributed by atoms with Crippen molar-refractivity contribution in [3.05, 3.63) is 53.7 Å². The van der Waals surface area contributed by atoms with Gasteiger partial charge in [-0.15, -0.1) is 0 Å². The lowest BCUT2D eigenvalue weighted by Gasteiger charge is -2.39. The van der Waals surface area contributed by atoms with E-state index in [-0.39, 0.29) is 11.9 Å². The maximum atomic E-state index is 12.1. The molecule has 33 heavy (non-hydrogen) atoms. The van der Waals surface area contributed by atoms with Gasteiger partial charge in [-0.3, -0.25) is 14.7 Å². The summed E-state index contributed by atoms with van der Waals surface area (Å²) in [5.74, 6) is 1.98. The molecule has 1 unspecified atom stereocenters. The van der Waals surface area contributed by atoms with Gasteiger partial charge in [-0.05, 0) is 42.3 Å². The summed E-state index contributed by atoms with van der Waals surface area (Å²) in [5.41, 5.74) is 8.27. The Kier molecular flexibility index (Phi) is 6.20. The van der Waals surface area contributed by atoms with E-state index in [1.54, 1.807) is 7.11 Å². The first-order valence-electron chi connectivity index (χ1n) is 11.7. The third kappa shape index (κ3) is 4.41. The van der Waals surface area contributed by atoms with Crippen molar-refractivity contribution in [1.82, 2.24) is 20.6 Å². The molecule has 174 valence electrons. The molecule has 8 heteroatoms. The van der Waals surface area contributed by atoms with Crippen LogP contribution in [0.3, 0.4) is 0 Å². The standard InChI is InChI=1S/C25H32N6O2/c1-18-24-19(16-23(32)28-18)17-31(25-20(24)6-5-9-26-25)27-10-11-29-12-14-30(15-13-29)21-7-3-4-8-22(21)33-2/h3-9,18,27H,10-17H2,1-2H3,(H,28,32). The highest BCUT2D eigenvalue weighted by Crippen LogP contribution is 2.37. The minimum Gasteiger partial charge on any atom is -0.495 e. The fourth-order valence-corrected chi connectivity index (χ4v) is 5.19. The summed E-state index contributed by atoms with van der Waals surface area (Å²) in [5, 5.41) is 5.18. The number of ether oxygens (including phenoxy) is 1. The summed E-state index contributed by atoms with van der Waals surface area (Å²) in [6.45, 7) is 8.53. The molecule has 0 saturated carbocycles. The summed E-state index contributed by atoms with van der Waals surface area (Å²) >= 11 is 0. The molecule has 8 nitrogen and oxygen atoms in total. The van der Waals surface area contributed by atoms with E-state index in [0.29, 0.717) is 13.0 Å². The highest BCUT2D eigenvalue weighted by Gasteiger charge is 2.33. The molecule has 1 atom stereocenters. The number of nitrogens with zero attached hydrogens (tertiary/aromatic N) is 4. The van der Waals surface area contributed by atoms with Crippen LogP contribution in [0.15, 0.2) is 48.2 Å². The molecule has 3 aliphatic heterocycles. The molecule has 1 amide bonds. The van der Waals surface area contributed by atoms with Gasteiger partial charge in [0.15, 0.2) is 5.82 Å². The molecular weight excluding hydrogens is 416 g/mol. The molecule has 1 aromatic carbocycles. The number of hydrazine groups is 1. The summed E-state index contributed by atoms with van der Waals surface area (Å²) in [7, 11) is 1.73. The van der Waals surface area contributed by atoms with Crippen molar-refractivity contribution in [2.45, 2.75) is 19.4 Å². The number of benzene rings is 1. The smallest absolute Gasteiger partial charge is 0.224 e. The molecule has 0 spiro atoms. The molecule has 1 fully saturated rings. The van der Waals surface area contributed by atoms with Gasteiger partial charge in [-0.1, -0.05) is 12.1 Å². The highest BCUT2D eigenvalue weighted by atomic mass is 16.5. The predicted octanol–water partition coefficient (Wildman–Crippen LogP) is 1.90. The second-order valence-corrected chi connectivity index (χ2v) is 8.85. The van der Waals surface area contributed by atoms with E-state index in [2.05, 4.69) is 55.7 Å². The number of methoxy groups -OCH3 is 1. The lowest BCUT2D eigenvalue weighted by atomic mass is 9.87. The van der Waals surface area contributed by atoms with E-state index in [4.69, 9.17) is 4.74 Å². The summed E-state index contributed by atoms with van der Waals surface area (Å²) in [6.07, 6.45) is 2.29. The lowest BCUT2D eigenvalue weighted by molar-refractivity contribution is -0.121. The number of aromatic nitrogens is 1. The predicted molar refractivity (Wildman–Crippen MR) is 130 cm³/mol. The molecule has 0 bridgehead atoms. The molecule has 2 N–H and O–H groups in total. The van der Waals surface area contributed by atoms with Gasteiger partial charge in [0, 0.05) is 51.0 Å². The fraction of sp³-hybridized carbons (Fsp3) is 0.440. The van der Waals surface area contributed by atoms with Gasteiger partial charge in [0.05, 0.1) is 31.8 Å². The van der Waals surface area contributed by atoms with Gasteiger partial charge >= 0.3 is 0 Å². The van der Waals surface area contributed by atoms with Crippen LogP contribution in [0, 0.1) is 0 Å². The summed E-state index contributed by atoms with van der Waals surface area (Å²) < 4.78 is 5.53. The van der Waals surface area contributed by atoms with Crippen molar-refractivity contribution >= 4 is 23.0 Å². The third-order valence-electron chi connectivity index (χ3n) is 6.78. The maximum Gasteiger partial charge on any atom is 0.224 e. The van der Waals surface area contributed by atoms with Crippen LogP contribution in [-0.4, -0.2) is 74.8 Å².